The van der Waals surface area contributed by atoms with Gasteiger partial charge in [0.1, 0.15) is 12.1 Å². The van der Waals surface area contributed by atoms with Crippen molar-refractivity contribution in [1.82, 2.24) is 4.90 Å². The van der Waals surface area contributed by atoms with E-state index < -0.39 is 29.9 Å². The first-order valence-electron chi connectivity index (χ1n) is 7.20. The van der Waals surface area contributed by atoms with Gasteiger partial charge in [-0.3, -0.25) is 24.3 Å². The van der Waals surface area contributed by atoms with Crippen LogP contribution in [-0.2, 0) is 14.4 Å². The topological polar surface area (TPSA) is 211 Å². The zero-order valence-corrected chi connectivity index (χ0v) is 14.0. The Labute approximate surface area is 140 Å². The van der Waals surface area contributed by atoms with Gasteiger partial charge in [0, 0.05) is 13.0 Å². The van der Waals surface area contributed by atoms with Crippen molar-refractivity contribution in [3.05, 3.63) is 0 Å². The molecule has 11 heteroatoms. The van der Waals surface area contributed by atoms with Crippen molar-refractivity contribution in [2.45, 2.75) is 37.8 Å². The summed E-state index contributed by atoms with van der Waals surface area (Å²) in [5.74, 6) is -2.42. The number of aliphatic imine (C=N–C) groups is 1. The molecule has 0 saturated carbocycles. The third-order valence-corrected chi connectivity index (χ3v) is 2.86. The van der Waals surface area contributed by atoms with Gasteiger partial charge in [0.2, 0.25) is 5.91 Å². The smallest absolute Gasteiger partial charge is 0.320 e. The number of carbonyl (C=O) groups is 3. The van der Waals surface area contributed by atoms with Crippen LogP contribution in [0.15, 0.2) is 4.99 Å². The molecule has 0 aliphatic rings. The standard InChI is InChI=1S/C8H18N4O2.C5H10N2O3/c1-12(2)6(7(13)14)4-3-5-11-8(9)10;6-3(5(9)10)1-2-4(7)8/h6H,3-5H2,1-2H3,(H,13,14)(H4,9,10,11);3H,1-2,6H2,(H2,7,8)(H,9,10)/t6-;3-/m00/s1. The lowest BCUT2D eigenvalue weighted by Gasteiger charge is -2.19. The SMILES string of the molecule is CN(C)[C@@H](CCCN=C(N)N)C(=O)O.NC(=O)CC[C@H](N)C(=O)O. The lowest BCUT2D eigenvalue weighted by molar-refractivity contribution is -0.142. The fourth-order valence-corrected chi connectivity index (χ4v) is 1.52. The van der Waals surface area contributed by atoms with Crippen LogP contribution in [0.25, 0.3) is 0 Å². The molecule has 0 heterocycles. The predicted molar refractivity (Wildman–Crippen MR) is 89.1 cm³/mol. The highest BCUT2D eigenvalue weighted by atomic mass is 16.4. The Hall–Kier alpha value is -2.40. The summed E-state index contributed by atoms with van der Waals surface area (Å²) < 4.78 is 0. The second-order valence-corrected chi connectivity index (χ2v) is 5.22. The highest BCUT2D eigenvalue weighted by Gasteiger charge is 2.18. The Morgan fingerprint density at radius 2 is 1.58 bits per heavy atom. The Morgan fingerprint density at radius 3 is 1.92 bits per heavy atom. The quantitative estimate of drug-likeness (QED) is 0.142. The Kier molecular flexibility index (Phi) is 13.0. The van der Waals surface area contributed by atoms with Gasteiger partial charge in [-0.2, -0.15) is 0 Å². The fourth-order valence-electron chi connectivity index (χ4n) is 1.52. The van der Waals surface area contributed by atoms with Crippen molar-refractivity contribution in [3.8, 4) is 0 Å². The molecule has 140 valence electrons. The van der Waals surface area contributed by atoms with E-state index >= 15 is 0 Å². The third-order valence-electron chi connectivity index (χ3n) is 2.86. The van der Waals surface area contributed by atoms with E-state index in [-0.39, 0.29) is 18.8 Å². The van der Waals surface area contributed by atoms with Gasteiger partial charge in [-0.15, -0.1) is 0 Å². The first-order valence-corrected chi connectivity index (χ1v) is 7.20. The maximum atomic E-state index is 10.7. The molecule has 0 spiro atoms. The molecule has 0 rings (SSSR count). The maximum Gasteiger partial charge on any atom is 0.320 e. The summed E-state index contributed by atoms with van der Waals surface area (Å²) in [5, 5.41) is 17.0. The summed E-state index contributed by atoms with van der Waals surface area (Å²) >= 11 is 0. The van der Waals surface area contributed by atoms with E-state index in [1.165, 1.54) is 0 Å². The normalized spacial score (nSPS) is 12.5. The summed E-state index contributed by atoms with van der Waals surface area (Å²) in [7, 11) is 3.47. The lowest BCUT2D eigenvalue weighted by Crippen LogP contribution is -2.35. The predicted octanol–water partition coefficient (Wildman–Crippen LogP) is -2.28. The number of amides is 1. The van der Waals surface area contributed by atoms with E-state index in [9.17, 15) is 14.4 Å². The molecular weight excluding hydrogens is 320 g/mol. The monoisotopic (exact) mass is 348 g/mol. The van der Waals surface area contributed by atoms with Gasteiger partial charge < -0.3 is 33.1 Å². The van der Waals surface area contributed by atoms with Crippen LogP contribution >= 0.6 is 0 Å². The zero-order valence-electron chi connectivity index (χ0n) is 14.0. The van der Waals surface area contributed by atoms with E-state index in [0.29, 0.717) is 19.4 Å². The van der Waals surface area contributed by atoms with E-state index in [2.05, 4.69) is 4.99 Å². The number of carboxylic acid groups (broad SMARTS) is 2. The Bertz CT molecular complexity index is 437. The largest absolute Gasteiger partial charge is 0.480 e. The molecule has 0 aromatic heterocycles. The van der Waals surface area contributed by atoms with Crippen molar-refractivity contribution in [1.29, 1.82) is 0 Å². The van der Waals surface area contributed by atoms with E-state index in [1.807, 2.05) is 0 Å². The second-order valence-electron chi connectivity index (χ2n) is 5.22. The molecule has 0 bridgehead atoms. The highest BCUT2D eigenvalue weighted by molar-refractivity contribution is 5.77. The molecule has 0 saturated heterocycles. The Morgan fingerprint density at radius 1 is 1.04 bits per heavy atom. The molecule has 0 radical (unpaired) electrons. The van der Waals surface area contributed by atoms with Gasteiger partial charge in [0.15, 0.2) is 5.96 Å². The molecule has 0 aliphatic heterocycles. The number of nitrogens with zero attached hydrogens (tertiary/aromatic N) is 2. The second kappa shape index (κ2) is 13.1. The third kappa shape index (κ3) is 14.5. The Balaban J connectivity index is 0. The molecule has 11 nitrogen and oxygen atoms in total. The summed E-state index contributed by atoms with van der Waals surface area (Å²) in [6.07, 6.45) is 1.32. The van der Waals surface area contributed by atoms with Crippen molar-refractivity contribution in [2.24, 2.45) is 27.9 Å². The van der Waals surface area contributed by atoms with Crippen LogP contribution in [-0.4, -0.2) is 71.6 Å². The maximum absolute atomic E-state index is 10.7. The number of likely N-dealkylation sites (N-methyl/N-ethyl adjacent to an activating group) is 1. The highest BCUT2D eigenvalue weighted by Crippen LogP contribution is 2.03. The lowest BCUT2D eigenvalue weighted by atomic mass is 10.1. The molecule has 24 heavy (non-hydrogen) atoms. The van der Waals surface area contributed by atoms with Crippen LogP contribution in [0, 0.1) is 0 Å². The molecule has 0 unspecified atom stereocenters. The van der Waals surface area contributed by atoms with Crippen LogP contribution in [0.2, 0.25) is 0 Å². The minimum absolute atomic E-state index is 0.0213. The first kappa shape index (κ1) is 23.9. The van der Waals surface area contributed by atoms with Gasteiger partial charge in [-0.25, -0.2) is 0 Å². The summed E-state index contributed by atoms with van der Waals surface area (Å²) in [6, 6.07) is -1.45. The van der Waals surface area contributed by atoms with Gasteiger partial charge in [0.25, 0.3) is 0 Å². The fraction of sp³-hybridized carbons (Fsp3) is 0.692. The van der Waals surface area contributed by atoms with Crippen molar-refractivity contribution in [3.63, 3.8) is 0 Å². The van der Waals surface area contributed by atoms with Crippen molar-refractivity contribution < 1.29 is 24.6 Å². The van der Waals surface area contributed by atoms with Crippen LogP contribution in [0.5, 0.6) is 0 Å². The minimum Gasteiger partial charge on any atom is -0.480 e. The number of guanidine groups is 1. The van der Waals surface area contributed by atoms with Crippen LogP contribution in [0.4, 0.5) is 0 Å². The minimum atomic E-state index is -1.11. The van der Waals surface area contributed by atoms with Crippen LogP contribution in [0.3, 0.4) is 0 Å². The first-order chi connectivity index (χ1) is 11.0. The number of nitrogens with two attached hydrogens (primary N) is 4. The molecule has 1 amide bonds. The van der Waals surface area contributed by atoms with Crippen LogP contribution < -0.4 is 22.9 Å². The number of hydrogen-bond acceptors (Lipinski definition) is 6. The zero-order chi connectivity index (χ0) is 19.3. The average molecular weight is 348 g/mol. The summed E-state index contributed by atoms with van der Waals surface area (Å²) in [6.45, 7) is 0.472. The van der Waals surface area contributed by atoms with Crippen molar-refractivity contribution >= 4 is 23.8 Å². The summed E-state index contributed by atoms with van der Waals surface area (Å²) in [5.41, 5.74) is 20.1. The number of carboxylic acids is 2. The van der Waals surface area contributed by atoms with Crippen LogP contribution in [0.1, 0.15) is 25.7 Å². The number of primary amides is 1. The molecule has 0 fully saturated rings. The van der Waals surface area contributed by atoms with Gasteiger partial charge >= 0.3 is 11.9 Å². The molecule has 0 aromatic carbocycles. The molecular formula is C13H28N6O5. The number of aliphatic carboxylic acids is 2. The van der Waals surface area contributed by atoms with Gasteiger partial charge in [-0.05, 0) is 33.4 Å². The average Bonchev–Trinajstić information content (AvgIpc) is 2.43. The number of carbonyl (C=O) groups excluding carboxylic acids is 1. The van der Waals surface area contributed by atoms with Gasteiger partial charge in [0.05, 0.1) is 0 Å². The molecule has 0 aliphatic carbocycles. The number of hydrogen-bond donors (Lipinski definition) is 6. The van der Waals surface area contributed by atoms with Crippen molar-refractivity contribution in [2.75, 3.05) is 20.6 Å². The van der Waals surface area contributed by atoms with Gasteiger partial charge in [-0.1, -0.05) is 0 Å². The molecule has 10 N–H and O–H groups in total. The summed E-state index contributed by atoms with van der Waals surface area (Å²) in [4.78, 5) is 36.3. The molecule has 0 aromatic rings. The van der Waals surface area contributed by atoms with E-state index in [1.54, 1.807) is 19.0 Å². The molecule has 2 atom stereocenters. The van der Waals surface area contributed by atoms with E-state index in [4.69, 9.17) is 33.1 Å². The van der Waals surface area contributed by atoms with E-state index in [0.717, 1.165) is 0 Å². The number of rotatable bonds is 10.